The van der Waals surface area contributed by atoms with Gasteiger partial charge in [-0.15, -0.1) is 0 Å². The lowest BCUT2D eigenvalue weighted by Gasteiger charge is -2.17. The first-order valence-electron chi connectivity index (χ1n) is 22.4. The number of Topliss-reactive ketones (excluding diaryl/α,β-unsaturated/α-hetero) is 1. The van der Waals surface area contributed by atoms with Crippen molar-refractivity contribution in [2.24, 2.45) is 0 Å². The molecule has 3 N–H and O–H groups in total. The van der Waals surface area contributed by atoms with Crippen LogP contribution in [0.15, 0.2) is 170 Å². The molecule has 0 unspecified atom stereocenters. The number of aliphatic hydroxyl groups excluding tert-OH is 1. The van der Waals surface area contributed by atoms with Gasteiger partial charge in [0.25, 0.3) is 5.78 Å². The molecule has 8 aromatic rings. The summed E-state index contributed by atoms with van der Waals surface area (Å²) in [4.78, 5) is 29.8. The third-order valence-electron chi connectivity index (χ3n) is 11.1. The zero-order valence-corrected chi connectivity index (χ0v) is 38.6. The summed E-state index contributed by atoms with van der Waals surface area (Å²) in [7, 11) is 29.7. The maximum Gasteiger partial charge on any atom is 0.379 e. The number of rotatable bonds is 11. The highest BCUT2D eigenvalue weighted by Crippen LogP contribution is 2.23. The molecule has 68 heavy (non-hydrogen) atoms. The molecule has 0 aliphatic heterocycles. The Balaban J connectivity index is 0.000000174. The monoisotopic (exact) mass is 875 g/mol. The van der Waals surface area contributed by atoms with Crippen molar-refractivity contribution in [3.05, 3.63) is 220 Å². The van der Waals surface area contributed by atoms with Crippen LogP contribution in [0.3, 0.4) is 0 Å². The summed E-state index contributed by atoms with van der Waals surface area (Å²) in [6.45, 7) is 0. The highest BCUT2D eigenvalue weighted by Gasteiger charge is 2.21. The number of aliphatic hydroxyl groups is 1. The molecule has 1 aliphatic rings. The van der Waals surface area contributed by atoms with Crippen LogP contribution < -0.4 is 0 Å². The number of aromatic amines is 2. The number of H-pyrrole nitrogens is 2. The maximum absolute atomic E-state index is 12.0. The first-order valence-corrected chi connectivity index (χ1v) is 22.4. The smallest absolute Gasteiger partial charge is 0.379 e. The largest absolute Gasteiger partial charge is 0.463 e. The average Bonchev–Trinajstić information content (AvgIpc) is 4.16. The fourth-order valence-electron chi connectivity index (χ4n) is 7.34. The van der Waals surface area contributed by atoms with E-state index in [0.717, 1.165) is 66.8 Å². The van der Waals surface area contributed by atoms with Crippen molar-refractivity contribution in [3.8, 4) is 11.8 Å². The van der Waals surface area contributed by atoms with Gasteiger partial charge < -0.3 is 19.8 Å². The van der Waals surface area contributed by atoms with Gasteiger partial charge in [0.2, 0.25) is 0 Å². The average molecular weight is 874 g/mol. The van der Waals surface area contributed by atoms with Crippen molar-refractivity contribution < 1.29 is 19.4 Å². The molecule has 6 nitrogen and oxygen atoms in total. The Morgan fingerprint density at radius 3 is 1.78 bits per heavy atom. The van der Waals surface area contributed by atoms with Crippen LogP contribution >= 0.6 is 0 Å². The highest BCUT2D eigenvalue weighted by molar-refractivity contribution is 7.93. The first-order chi connectivity index (χ1) is 33.1. The number of esters is 1. The molecule has 2 aromatic heterocycles. The molecule has 6 aromatic carbocycles. The van der Waals surface area contributed by atoms with E-state index in [1.54, 1.807) is 6.20 Å². The van der Waals surface area contributed by atoms with E-state index >= 15 is 0 Å². The Morgan fingerprint density at radius 2 is 1.21 bits per heavy atom. The topological polar surface area (TPSA) is 95.2 Å². The summed E-state index contributed by atoms with van der Waals surface area (Å²) in [5.74, 6) is 4.91. The Bertz CT molecular complexity index is 2890. The van der Waals surface area contributed by atoms with Crippen LogP contribution in [0, 0.1) is 11.8 Å². The molecule has 0 spiro atoms. The number of ketones is 1. The number of aryl methyl sites for hydroxylation is 4. The van der Waals surface area contributed by atoms with Gasteiger partial charge in [-0.2, -0.15) is 0 Å². The molecule has 321 valence electrons. The first kappa shape index (κ1) is 52.4. The molecule has 15 heteroatoms. The summed E-state index contributed by atoms with van der Waals surface area (Å²) in [5.41, 5.74) is 12.5. The lowest BCUT2D eigenvalue weighted by Crippen LogP contribution is -2.55. The van der Waals surface area contributed by atoms with E-state index in [-0.39, 0.29) is 6.39 Å². The number of allylic oxidation sites excluding steroid dienone is 1. The van der Waals surface area contributed by atoms with Gasteiger partial charge in [0, 0.05) is 112 Å². The van der Waals surface area contributed by atoms with Crippen molar-refractivity contribution >= 4 is 105 Å². The van der Waals surface area contributed by atoms with E-state index in [9.17, 15) is 9.59 Å². The van der Waals surface area contributed by atoms with Crippen molar-refractivity contribution in [1.29, 1.82) is 0 Å². The summed E-state index contributed by atoms with van der Waals surface area (Å²) >= 11 is 0. The molecule has 0 bridgehead atoms. The molecular weight excluding hydrogens is 826 g/mol. The number of fused-ring (bicyclic) bond motifs is 3. The number of hydrogen-bond acceptors (Lipinski definition) is 4. The zero-order chi connectivity index (χ0) is 48.7. The number of ether oxygens (including phenoxy) is 1. The Morgan fingerprint density at radius 1 is 0.647 bits per heavy atom. The van der Waals surface area contributed by atoms with Gasteiger partial charge in [0.05, 0.1) is 12.7 Å². The Labute approximate surface area is 410 Å². The highest BCUT2D eigenvalue weighted by atomic mass is 16.5. The number of benzene rings is 6. The third kappa shape index (κ3) is 16.0. The predicted octanol–water partition coefficient (Wildman–Crippen LogP) is 7.10. The summed E-state index contributed by atoms with van der Waals surface area (Å²) in [5, 5.41) is 9.06. The van der Waals surface area contributed by atoms with Gasteiger partial charge in [0.1, 0.15) is 0 Å². The number of carbonyl (C=O) groups is 2. The molecule has 1 aliphatic carbocycles. The summed E-state index contributed by atoms with van der Waals surface area (Å²) in [6.07, 6.45) is 11.5. The van der Waals surface area contributed by atoms with Gasteiger partial charge in [-0.05, 0) is 125 Å². The van der Waals surface area contributed by atoms with Gasteiger partial charge in [-0.3, -0.25) is 4.79 Å². The Kier molecular flexibility index (Phi) is 21.5. The van der Waals surface area contributed by atoms with E-state index in [0.29, 0.717) is 5.56 Å². The van der Waals surface area contributed by atoms with Gasteiger partial charge >= 0.3 is 5.97 Å². The Hall–Kier alpha value is -6.62. The number of hydrogen-bond donors (Lipinski definition) is 3. The second kappa shape index (κ2) is 27.9. The minimum Gasteiger partial charge on any atom is -0.463 e. The lowest BCUT2D eigenvalue weighted by molar-refractivity contribution is -0.135. The molecular formula is C53H48B9N2O4. The molecule has 0 atom stereocenters. The number of aromatic nitrogens is 2. The van der Waals surface area contributed by atoms with Crippen LogP contribution in [-0.2, 0) is 41.6 Å². The van der Waals surface area contributed by atoms with Crippen LogP contribution in [0.25, 0.3) is 27.9 Å². The van der Waals surface area contributed by atoms with Crippen molar-refractivity contribution in [2.45, 2.75) is 32.1 Å². The zero-order valence-electron chi connectivity index (χ0n) is 38.6. The third-order valence-corrected chi connectivity index (χ3v) is 11.1. The fourth-order valence-corrected chi connectivity index (χ4v) is 7.34. The molecule has 9 rings (SSSR count). The molecule has 0 fully saturated rings. The predicted molar refractivity (Wildman–Crippen MR) is 292 cm³/mol. The molecule has 11 radical (unpaired) electrons. The minimum atomic E-state index is -0.847. The van der Waals surface area contributed by atoms with E-state index in [2.05, 4.69) is 124 Å². The summed E-state index contributed by atoms with van der Waals surface area (Å²) < 4.78 is 4.52. The van der Waals surface area contributed by atoms with Gasteiger partial charge in [-0.1, -0.05) is 121 Å². The molecule has 0 amide bonds. The number of nitrogens with one attached hydrogen (secondary N) is 2. The van der Waals surface area contributed by atoms with Crippen LogP contribution in [0.4, 0.5) is 0 Å². The minimum absolute atomic E-state index is 0.315. The van der Waals surface area contributed by atoms with E-state index in [1.165, 1.54) is 52.9 Å². The SMILES string of the molecule is C(#Cc1ccc2c(c1)C=CC2)c1ccccc1.CO.COC(=O)C(=O)c1c[nH]c2ccc(CCc3ccccc3)cc12.[B][B]B(B([B])[B])B([B])[B].c1ccc(CCc2ccc3[nH]ccc3c2)cc1. The number of methoxy groups -OCH3 is 1. The fraction of sp³-hybridized carbons (Fsp3) is 0.132. The second-order valence-electron chi connectivity index (χ2n) is 15.8. The second-order valence-corrected chi connectivity index (χ2v) is 15.8. The molecule has 2 heterocycles. The normalized spacial score (nSPS) is 10.4. The molecule has 0 saturated heterocycles. The van der Waals surface area contributed by atoms with Crippen molar-refractivity contribution in [1.82, 2.24) is 9.97 Å². The van der Waals surface area contributed by atoms with Crippen molar-refractivity contribution in [2.75, 3.05) is 14.2 Å². The standard InChI is InChI=1S/C19H17NO3.C17H12.C16H15N.CH4O.B9/c1-23-19(22)18(21)16-12-20-17-10-9-14(11-15(16)17)8-7-13-5-3-2-4-6-13;1-2-5-14(6-3-1)9-10-15-11-12-16-7-4-8-17(16)13-15;1-2-4-13(5-3-1)6-7-14-8-9-16-15(12-14)10-11-17-16;1-2;1-6-9(7(2)3)8(4)5/h2-6,9-12,20H,7-8H2,1H3;1-6,8,11-13H,7H2;1-5,8-12,17H,6-7H2;2H,1H3;. The lowest BCUT2D eigenvalue weighted by atomic mass is 8.64. The number of carbonyl (C=O) groups excluding carboxylic acids is 2. The van der Waals surface area contributed by atoms with Gasteiger partial charge in [0.15, 0.2) is 0 Å². The van der Waals surface area contributed by atoms with E-state index in [1.807, 2.05) is 72.9 Å². The van der Waals surface area contributed by atoms with E-state index in [4.69, 9.17) is 43.8 Å². The van der Waals surface area contributed by atoms with Crippen LogP contribution in [0.2, 0.25) is 0 Å². The van der Waals surface area contributed by atoms with E-state index < -0.39 is 24.5 Å². The quantitative estimate of drug-likeness (QED) is 0.0426. The molecule has 0 saturated carbocycles. The van der Waals surface area contributed by atoms with Crippen LogP contribution in [0.1, 0.15) is 54.9 Å². The van der Waals surface area contributed by atoms with Crippen molar-refractivity contribution in [3.63, 3.8) is 0 Å². The maximum atomic E-state index is 12.0. The van der Waals surface area contributed by atoms with Crippen LogP contribution in [-0.4, -0.2) is 106 Å². The van der Waals surface area contributed by atoms with Gasteiger partial charge in [-0.25, -0.2) is 4.79 Å². The summed E-state index contributed by atoms with van der Waals surface area (Å²) in [6, 6.07) is 52.1. The van der Waals surface area contributed by atoms with Crippen LogP contribution in [0.5, 0.6) is 0 Å².